The van der Waals surface area contributed by atoms with E-state index in [1.807, 2.05) is 0 Å². The van der Waals surface area contributed by atoms with Crippen molar-refractivity contribution < 1.29 is 23.1 Å². The van der Waals surface area contributed by atoms with Crippen LogP contribution in [0.4, 0.5) is 11.4 Å². The molecule has 7 nitrogen and oxygen atoms in total. The van der Waals surface area contributed by atoms with Gasteiger partial charge < -0.3 is 10.4 Å². The molecule has 3 N–H and O–H groups in total. The molecule has 148 valence electrons. The first-order valence-corrected chi connectivity index (χ1v) is 10.1. The zero-order chi connectivity index (χ0) is 21.0. The highest BCUT2D eigenvalue weighted by atomic mass is 35.5. The lowest BCUT2D eigenvalue weighted by atomic mass is 10.1. The lowest BCUT2D eigenvalue weighted by Crippen LogP contribution is -2.18. The number of carboxylic acid groups (broad SMARTS) is 1. The van der Waals surface area contributed by atoms with Crippen LogP contribution < -0.4 is 10.0 Å². The average molecular weight is 431 g/mol. The van der Waals surface area contributed by atoms with E-state index in [0.29, 0.717) is 5.69 Å². The van der Waals surface area contributed by atoms with Crippen LogP contribution in [0.2, 0.25) is 5.02 Å². The number of sulfonamides is 1. The normalized spacial score (nSPS) is 10.9. The molecular formula is C20H15ClN2O5S. The Morgan fingerprint density at radius 2 is 1.55 bits per heavy atom. The van der Waals surface area contributed by atoms with Crippen molar-refractivity contribution in [3.8, 4) is 0 Å². The van der Waals surface area contributed by atoms with Crippen molar-refractivity contribution in [2.75, 3.05) is 10.0 Å². The van der Waals surface area contributed by atoms with Gasteiger partial charge in [0, 0.05) is 10.7 Å². The van der Waals surface area contributed by atoms with Gasteiger partial charge >= 0.3 is 5.97 Å². The molecular weight excluding hydrogens is 416 g/mol. The van der Waals surface area contributed by atoms with Crippen molar-refractivity contribution in [1.82, 2.24) is 0 Å². The maximum absolute atomic E-state index is 12.7. The van der Waals surface area contributed by atoms with Crippen molar-refractivity contribution in [1.29, 1.82) is 0 Å². The van der Waals surface area contributed by atoms with Crippen LogP contribution in [0.3, 0.4) is 0 Å². The van der Waals surface area contributed by atoms with Crippen LogP contribution in [0.15, 0.2) is 77.7 Å². The third-order valence-corrected chi connectivity index (χ3v) is 5.53. The molecule has 0 fully saturated rings. The maximum Gasteiger partial charge on any atom is 0.335 e. The van der Waals surface area contributed by atoms with Crippen LogP contribution in [-0.2, 0) is 10.0 Å². The predicted octanol–water partition coefficient (Wildman–Crippen LogP) is 4.09. The number of hydrogen-bond acceptors (Lipinski definition) is 4. The molecule has 0 aliphatic carbocycles. The van der Waals surface area contributed by atoms with Gasteiger partial charge in [-0.15, -0.1) is 0 Å². The lowest BCUT2D eigenvalue weighted by Gasteiger charge is -2.13. The summed E-state index contributed by atoms with van der Waals surface area (Å²) in [7, 11) is -3.91. The Labute approximate surface area is 172 Å². The number of hydrogen-bond donors (Lipinski definition) is 3. The molecule has 3 aromatic carbocycles. The van der Waals surface area contributed by atoms with Gasteiger partial charge in [-0.2, -0.15) is 0 Å². The Morgan fingerprint density at radius 3 is 2.17 bits per heavy atom. The molecule has 0 bridgehead atoms. The quantitative estimate of drug-likeness (QED) is 0.545. The van der Waals surface area contributed by atoms with Gasteiger partial charge in [-0.25, -0.2) is 13.2 Å². The summed E-state index contributed by atoms with van der Waals surface area (Å²) in [5.41, 5.74) is 0.483. The van der Waals surface area contributed by atoms with Crippen LogP contribution >= 0.6 is 11.6 Å². The first-order valence-electron chi connectivity index (χ1n) is 8.28. The van der Waals surface area contributed by atoms with Gasteiger partial charge in [-0.3, -0.25) is 9.52 Å². The zero-order valence-electron chi connectivity index (χ0n) is 14.8. The van der Waals surface area contributed by atoms with Crippen molar-refractivity contribution in [2.24, 2.45) is 0 Å². The van der Waals surface area contributed by atoms with Gasteiger partial charge in [0.05, 0.1) is 21.7 Å². The molecule has 9 heteroatoms. The highest BCUT2D eigenvalue weighted by Gasteiger charge is 2.19. The second-order valence-electron chi connectivity index (χ2n) is 5.95. The molecule has 29 heavy (non-hydrogen) atoms. The van der Waals surface area contributed by atoms with Gasteiger partial charge in [-0.1, -0.05) is 29.8 Å². The molecule has 3 rings (SSSR count). The number of anilines is 2. The fraction of sp³-hybridized carbons (Fsp3) is 0. The predicted molar refractivity (Wildman–Crippen MR) is 110 cm³/mol. The van der Waals surface area contributed by atoms with Crippen molar-refractivity contribution in [2.45, 2.75) is 4.90 Å². The lowest BCUT2D eigenvalue weighted by molar-refractivity contribution is 0.0696. The highest BCUT2D eigenvalue weighted by Crippen LogP contribution is 2.25. The summed E-state index contributed by atoms with van der Waals surface area (Å²) < 4.78 is 27.6. The topological polar surface area (TPSA) is 113 Å². The molecule has 0 aromatic heterocycles. The summed E-state index contributed by atoms with van der Waals surface area (Å²) in [5, 5.41) is 11.8. The number of amides is 1. The van der Waals surface area contributed by atoms with Gasteiger partial charge in [0.2, 0.25) is 0 Å². The third kappa shape index (κ3) is 4.92. The number of benzene rings is 3. The number of carboxylic acids is 1. The molecule has 0 aliphatic heterocycles. The fourth-order valence-electron chi connectivity index (χ4n) is 2.49. The SMILES string of the molecule is O=C(O)c1ccc(NC(=O)c2cc(Cl)ccc2NS(=O)(=O)c2ccccc2)cc1. The monoisotopic (exact) mass is 430 g/mol. The van der Waals surface area contributed by atoms with Crippen molar-refractivity contribution in [3.05, 3.63) is 88.9 Å². The Bertz CT molecular complexity index is 1160. The van der Waals surface area contributed by atoms with Crippen molar-refractivity contribution in [3.63, 3.8) is 0 Å². The number of nitrogens with one attached hydrogen (secondary N) is 2. The minimum atomic E-state index is -3.91. The minimum Gasteiger partial charge on any atom is -0.478 e. The summed E-state index contributed by atoms with van der Waals surface area (Å²) in [6, 6.07) is 17.5. The summed E-state index contributed by atoms with van der Waals surface area (Å²) in [5.74, 6) is -1.70. The van der Waals surface area contributed by atoms with Gasteiger partial charge in [0.15, 0.2) is 0 Å². The molecule has 1 amide bonds. The van der Waals surface area contributed by atoms with Gasteiger partial charge in [0.1, 0.15) is 0 Å². The van der Waals surface area contributed by atoms with E-state index in [4.69, 9.17) is 16.7 Å². The molecule has 0 radical (unpaired) electrons. The highest BCUT2D eigenvalue weighted by molar-refractivity contribution is 7.92. The summed E-state index contributed by atoms with van der Waals surface area (Å²) in [4.78, 5) is 23.7. The van der Waals surface area contributed by atoms with Crippen LogP contribution in [-0.4, -0.2) is 25.4 Å². The van der Waals surface area contributed by atoms with Gasteiger partial charge in [0.25, 0.3) is 15.9 Å². The van der Waals surface area contributed by atoms with Crippen LogP contribution in [0.5, 0.6) is 0 Å². The Balaban J connectivity index is 1.88. The van der Waals surface area contributed by atoms with E-state index in [0.717, 1.165) is 0 Å². The molecule has 0 saturated carbocycles. The van der Waals surface area contributed by atoms with Crippen LogP contribution in [0.25, 0.3) is 0 Å². The Kier molecular flexibility index (Phi) is 5.86. The number of rotatable bonds is 6. The molecule has 0 aliphatic rings. The number of carbonyl (C=O) groups is 2. The molecule has 0 atom stereocenters. The maximum atomic E-state index is 12.7. The summed E-state index contributed by atoms with van der Waals surface area (Å²) >= 11 is 5.99. The van der Waals surface area contributed by atoms with E-state index in [9.17, 15) is 18.0 Å². The average Bonchev–Trinajstić information content (AvgIpc) is 2.70. The molecule has 3 aromatic rings. The fourth-order valence-corrected chi connectivity index (χ4v) is 3.76. The Morgan fingerprint density at radius 1 is 0.897 bits per heavy atom. The standard InChI is InChI=1S/C20H15ClN2O5S/c21-14-8-11-18(23-29(27,28)16-4-2-1-3-5-16)17(12-14)19(24)22-15-9-6-13(7-10-15)20(25)26/h1-12,23H,(H,22,24)(H,25,26). The van der Waals surface area contributed by atoms with E-state index in [1.54, 1.807) is 18.2 Å². The number of aromatic carboxylic acids is 1. The largest absolute Gasteiger partial charge is 0.478 e. The van der Waals surface area contributed by atoms with Gasteiger partial charge in [-0.05, 0) is 54.6 Å². The van der Waals surface area contributed by atoms with E-state index in [2.05, 4.69) is 10.0 Å². The second kappa shape index (κ2) is 8.34. The molecule has 0 saturated heterocycles. The van der Waals surface area contributed by atoms with E-state index < -0.39 is 21.9 Å². The van der Waals surface area contributed by atoms with E-state index in [-0.39, 0.29) is 26.7 Å². The van der Waals surface area contributed by atoms with E-state index >= 15 is 0 Å². The zero-order valence-corrected chi connectivity index (χ0v) is 16.4. The summed E-state index contributed by atoms with van der Waals surface area (Å²) in [6.45, 7) is 0. The first-order chi connectivity index (χ1) is 13.8. The summed E-state index contributed by atoms with van der Waals surface area (Å²) in [6.07, 6.45) is 0. The molecule has 0 unspecified atom stereocenters. The van der Waals surface area contributed by atoms with E-state index in [1.165, 1.54) is 54.6 Å². The second-order valence-corrected chi connectivity index (χ2v) is 8.06. The van der Waals surface area contributed by atoms with Crippen LogP contribution in [0.1, 0.15) is 20.7 Å². The third-order valence-electron chi connectivity index (χ3n) is 3.91. The first kappa shape index (κ1) is 20.4. The number of carbonyl (C=O) groups excluding carboxylic acids is 1. The molecule has 0 spiro atoms. The molecule has 0 heterocycles. The number of halogens is 1. The van der Waals surface area contributed by atoms with Crippen LogP contribution in [0, 0.1) is 0 Å². The van der Waals surface area contributed by atoms with Crippen molar-refractivity contribution >= 4 is 44.9 Å². The minimum absolute atomic E-state index is 0.0133. The smallest absolute Gasteiger partial charge is 0.335 e. The Hall–Kier alpha value is -3.36.